The molecule has 0 aliphatic heterocycles. The Hall–Kier alpha value is -2.83. The number of methoxy groups -OCH3 is 2. The summed E-state index contributed by atoms with van der Waals surface area (Å²) in [5, 5.41) is 13.9. The summed E-state index contributed by atoms with van der Waals surface area (Å²) >= 11 is 0. The van der Waals surface area contributed by atoms with Crippen LogP contribution in [0.3, 0.4) is 0 Å². The maximum atomic E-state index is 5.31. The molecule has 0 radical (unpaired) electrons. The summed E-state index contributed by atoms with van der Waals surface area (Å²) in [4.78, 5) is 4.29. The molecule has 0 unspecified atom stereocenters. The lowest BCUT2D eigenvalue weighted by Gasteiger charge is -2.11. The molecule has 21 heavy (non-hydrogen) atoms. The summed E-state index contributed by atoms with van der Waals surface area (Å²) in [6, 6.07) is 5.42. The van der Waals surface area contributed by atoms with Crippen molar-refractivity contribution in [2.45, 2.75) is 0 Å². The van der Waals surface area contributed by atoms with Crippen LogP contribution in [0.4, 0.5) is 17.5 Å². The minimum absolute atomic E-state index is 0.368. The molecule has 0 atom stereocenters. The summed E-state index contributed by atoms with van der Waals surface area (Å²) < 4.78 is 10.5. The highest BCUT2D eigenvalue weighted by Crippen LogP contribution is 2.30. The van der Waals surface area contributed by atoms with Gasteiger partial charge in [-0.15, -0.1) is 11.7 Å². The van der Waals surface area contributed by atoms with Gasteiger partial charge in [0, 0.05) is 12.6 Å². The van der Waals surface area contributed by atoms with E-state index in [0.29, 0.717) is 29.8 Å². The Labute approximate surface area is 123 Å². The van der Waals surface area contributed by atoms with Gasteiger partial charge < -0.3 is 20.1 Å². The zero-order valence-corrected chi connectivity index (χ0v) is 12.0. The Bertz CT molecular complexity index is 618. The van der Waals surface area contributed by atoms with Gasteiger partial charge in [0.25, 0.3) is 0 Å². The third-order valence-corrected chi connectivity index (χ3v) is 2.64. The van der Waals surface area contributed by atoms with E-state index in [9.17, 15) is 0 Å². The van der Waals surface area contributed by atoms with E-state index in [2.05, 4.69) is 32.4 Å². The second-order valence-corrected chi connectivity index (χ2v) is 4.03. The Kier molecular flexibility index (Phi) is 4.92. The summed E-state index contributed by atoms with van der Waals surface area (Å²) in [5.41, 5.74) is 0.723. The molecule has 0 aliphatic rings. The maximum Gasteiger partial charge on any atom is 0.249 e. The predicted octanol–water partition coefficient (Wildman–Crippen LogP) is 2.23. The van der Waals surface area contributed by atoms with Crippen molar-refractivity contribution < 1.29 is 9.47 Å². The summed E-state index contributed by atoms with van der Waals surface area (Å²) in [6.45, 7) is 4.24. The summed E-state index contributed by atoms with van der Waals surface area (Å²) in [6.07, 6.45) is 3.28. The topological polar surface area (TPSA) is 81.2 Å². The van der Waals surface area contributed by atoms with Crippen LogP contribution in [0.2, 0.25) is 0 Å². The average molecular weight is 287 g/mol. The average Bonchev–Trinajstić information content (AvgIpc) is 2.53. The molecule has 1 aromatic heterocycles. The molecule has 7 nitrogen and oxygen atoms in total. The van der Waals surface area contributed by atoms with Crippen LogP contribution >= 0.6 is 0 Å². The van der Waals surface area contributed by atoms with Crippen LogP contribution in [0.15, 0.2) is 37.1 Å². The fraction of sp³-hybridized carbons (Fsp3) is 0.214. The van der Waals surface area contributed by atoms with Gasteiger partial charge in [0.15, 0.2) is 5.82 Å². The first-order valence-corrected chi connectivity index (χ1v) is 6.30. The van der Waals surface area contributed by atoms with Crippen LogP contribution in [0.1, 0.15) is 0 Å². The molecule has 0 saturated carbocycles. The molecule has 0 aliphatic carbocycles. The van der Waals surface area contributed by atoms with Crippen LogP contribution < -0.4 is 20.1 Å². The molecule has 2 aromatic rings. The SMILES string of the molecule is C=CCNc1cnnc(Nc2ccc(OC)cc2OC)n1. The standard InChI is InChI=1S/C14H17N5O2/c1-4-7-15-13-9-16-19-14(18-13)17-11-6-5-10(20-2)8-12(11)21-3/h4-6,8-9H,1,7H2,2-3H3,(H2,15,17,18,19). The van der Waals surface area contributed by atoms with E-state index in [0.717, 1.165) is 5.69 Å². The van der Waals surface area contributed by atoms with Gasteiger partial charge >= 0.3 is 0 Å². The smallest absolute Gasteiger partial charge is 0.249 e. The number of hydrogen-bond acceptors (Lipinski definition) is 7. The highest BCUT2D eigenvalue weighted by molar-refractivity contribution is 5.64. The number of benzene rings is 1. The van der Waals surface area contributed by atoms with Gasteiger partial charge in [-0.3, -0.25) is 0 Å². The molecule has 0 amide bonds. The monoisotopic (exact) mass is 287 g/mol. The van der Waals surface area contributed by atoms with Crippen molar-refractivity contribution in [3.8, 4) is 11.5 Å². The van der Waals surface area contributed by atoms with Crippen LogP contribution in [-0.4, -0.2) is 35.9 Å². The number of ether oxygens (including phenoxy) is 2. The quantitative estimate of drug-likeness (QED) is 0.756. The molecular weight excluding hydrogens is 270 g/mol. The second-order valence-electron chi connectivity index (χ2n) is 4.03. The van der Waals surface area contributed by atoms with Gasteiger partial charge in [0.2, 0.25) is 5.95 Å². The molecule has 0 spiro atoms. The first kappa shape index (κ1) is 14.6. The van der Waals surface area contributed by atoms with Gasteiger partial charge in [0.05, 0.1) is 26.1 Å². The zero-order valence-electron chi connectivity index (χ0n) is 12.0. The molecule has 2 N–H and O–H groups in total. The van der Waals surface area contributed by atoms with Crippen molar-refractivity contribution in [3.05, 3.63) is 37.1 Å². The van der Waals surface area contributed by atoms with Crippen molar-refractivity contribution in [2.75, 3.05) is 31.4 Å². The first-order valence-electron chi connectivity index (χ1n) is 6.30. The highest BCUT2D eigenvalue weighted by Gasteiger charge is 2.07. The van der Waals surface area contributed by atoms with Crippen LogP contribution in [0.25, 0.3) is 0 Å². The van der Waals surface area contributed by atoms with Crippen LogP contribution in [0.5, 0.6) is 11.5 Å². The van der Waals surface area contributed by atoms with E-state index >= 15 is 0 Å². The zero-order chi connectivity index (χ0) is 15.1. The van der Waals surface area contributed by atoms with Crippen LogP contribution in [0, 0.1) is 0 Å². The van der Waals surface area contributed by atoms with Crippen molar-refractivity contribution in [1.82, 2.24) is 15.2 Å². The molecule has 0 bridgehead atoms. The largest absolute Gasteiger partial charge is 0.497 e. The fourth-order valence-electron chi connectivity index (χ4n) is 1.64. The Morgan fingerprint density at radius 3 is 2.86 bits per heavy atom. The minimum atomic E-state index is 0.368. The normalized spacial score (nSPS) is 9.81. The molecule has 1 aromatic carbocycles. The van der Waals surface area contributed by atoms with E-state index in [1.807, 2.05) is 12.1 Å². The molecule has 0 saturated heterocycles. The predicted molar refractivity (Wildman–Crippen MR) is 81.3 cm³/mol. The van der Waals surface area contributed by atoms with E-state index in [4.69, 9.17) is 9.47 Å². The lowest BCUT2D eigenvalue weighted by Crippen LogP contribution is -2.05. The molecule has 7 heteroatoms. The van der Waals surface area contributed by atoms with E-state index in [1.165, 1.54) is 0 Å². The van der Waals surface area contributed by atoms with Crippen molar-refractivity contribution in [2.24, 2.45) is 0 Å². The van der Waals surface area contributed by atoms with E-state index in [1.54, 1.807) is 32.6 Å². The second kappa shape index (κ2) is 7.09. The number of aromatic nitrogens is 3. The van der Waals surface area contributed by atoms with Crippen LogP contribution in [-0.2, 0) is 0 Å². The van der Waals surface area contributed by atoms with Gasteiger partial charge in [-0.25, -0.2) is 0 Å². The third kappa shape index (κ3) is 3.82. The lowest BCUT2D eigenvalue weighted by molar-refractivity contribution is 0.395. The Morgan fingerprint density at radius 1 is 1.29 bits per heavy atom. The Morgan fingerprint density at radius 2 is 2.14 bits per heavy atom. The van der Waals surface area contributed by atoms with Crippen molar-refractivity contribution >= 4 is 17.5 Å². The minimum Gasteiger partial charge on any atom is -0.497 e. The number of anilines is 3. The Balaban J connectivity index is 2.19. The lowest BCUT2D eigenvalue weighted by atomic mass is 10.2. The first-order chi connectivity index (χ1) is 10.3. The number of rotatable bonds is 7. The number of hydrogen-bond donors (Lipinski definition) is 2. The molecular formula is C14H17N5O2. The van der Waals surface area contributed by atoms with E-state index in [-0.39, 0.29) is 0 Å². The van der Waals surface area contributed by atoms with Gasteiger partial charge in [0.1, 0.15) is 11.5 Å². The van der Waals surface area contributed by atoms with Gasteiger partial charge in [-0.1, -0.05) is 6.08 Å². The van der Waals surface area contributed by atoms with Gasteiger partial charge in [-0.05, 0) is 12.1 Å². The van der Waals surface area contributed by atoms with Crippen molar-refractivity contribution in [3.63, 3.8) is 0 Å². The van der Waals surface area contributed by atoms with Crippen molar-refractivity contribution in [1.29, 1.82) is 0 Å². The highest BCUT2D eigenvalue weighted by atomic mass is 16.5. The molecule has 110 valence electrons. The number of nitrogens with one attached hydrogen (secondary N) is 2. The molecule has 2 rings (SSSR count). The summed E-state index contributed by atoms with van der Waals surface area (Å²) in [7, 11) is 3.19. The summed E-state index contributed by atoms with van der Waals surface area (Å²) in [5.74, 6) is 2.31. The van der Waals surface area contributed by atoms with Gasteiger partial charge in [-0.2, -0.15) is 10.1 Å². The van der Waals surface area contributed by atoms with E-state index < -0.39 is 0 Å². The fourth-order valence-corrected chi connectivity index (χ4v) is 1.64. The molecule has 1 heterocycles. The maximum absolute atomic E-state index is 5.31. The third-order valence-electron chi connectivity index (χ3n) is 2.64. The molecule has 0 fully saturated rings. The number of nitrogens with zero attached hydrogens (tertiary/aromatic N) is 3.